The van der Waals surface area contributed by atoms with E-state index in [0.717, 1.165) is 17.3 Å². The number of Topliss-reactive ketones (excluding diaryl/α,β-unsaturated/α-hetero) is 1. The molecule has 2 rings (SSSR count). The molecule has 0 aromatic heterocycles. The SMILES string of the molecule is CC(=O)NC(CSC(=O)C(C)c1cccc(C(=O)c2ccccc2)c1)C(C)=O. The third-order valence-corrected chi connectivity index (χ3v) is 5.44. The van der Waals surface area contributed by atoms with Crippen LogP contribution in [0, 0.1) is 0 Å². The third-order valence-electron chi connectivity index (χ3n) is 4.30. The molecule has 2 aromatic carbocycles. The number of thioether (sulfide) groups is 1. The summed E-state index contributed by atoms with van der Waals surface area (Å²) < 4.78 is 0. The molecule has 0 spiro atoms. The quantitative estimate of drug-likeness (QED) is 0.691. The summed E-state index contributed by atoms with van der Waals surface area (Å²) in [6.45, 7) is 4.48. The van der Waals surface area contributed by atoms with Gasteiger partial charge in [0.05, 0.1) is 12.0 Å². The summed E-state index contributed by atoms with van der Waals surface area (Å²) in [5.41, 5.74) is 1.85. The van der Waals surface area contributed by atoms with Crippen molar-refractivity contribution in [3.63, 3.8) is 0 Å². The second-order valence-corrected chi connectivity index (χ2v) is 7.56. The molecule has 1 amide bonds. The zero-order chi connectivity index (χ0) is 20.7. The lowest BCUT2D eigenvalue weighted by Crippen LogP contribution is -2.40. The van der Waals surface area contributed by atoms with Crippen molar-refractivity contribution in [3.8, 4) is 0 Å². The van der Waals surface area contributed by atoms with Crippen LogP contribution in [0.3, 0.4) is 0 Å². The Kier molecular flexibility index (Phi) is 7.70. The number of rotatable bonds is 8. The lowest BCUT2D eigenvalue weighted by atomic mass is 9.96. The van der Waals surface area contributed by atoms with Crippen molar-refractivity contribution in [1.82, 2.24) is 5.32 Å². The molecule has 0 saturated heterocycles. The van der Waals surface area contributed by atoms with Gasteiger partial charge >= 0.3 is 0 Å². The minimum atomic E-state index is -0.690. The van der Waals surface area contributed by atoms with E-state index in [1.54, 1.807) is 55.5 Å². The predicted octanol–water partition coefficient (Wildman–Crippen LogP) is 3.37. The van der Waals surface area contributed by atoms with E-state index in [9.17, 15) is 19.2 Å². The van der Waals surface area contributed by atoms with Gasteiger partial charge in [-0.3, -0.25) is 19.2 Å². The Balaban J connectivity index is 2.08. The number of amides is 1. The standard InChI is InChI=1S/C22H23NO4S/c1-14(22(27)28-13-20(15(2)24)23-16(3)25)18-10-7-11-19(12-18)21(26)17-8-5-4-6-9-17/h4-12,14,20H,13H2,1-3H3,(H,23,25). The third kappa shape index (κ3) is 5.89. The molecule has 0 fully saturated rings. The fraction of sp³-hybridized carbons (Fsp3) is 0.273. The minimum absolute atomic E-state index is 0.1000. The van der Waals surface area contributed by atoms with E-state index in [1.165, 1.54) is 13.8 Å². The molecule has 0 aliphatic rings. The van der Waals surface area contributed by atoms with Crippen LogP contribution in [0.2, 0.25) is 0 Å². The Morgan fingerprint density at radius 2 is 1.57 bits per heavy atom. The molecule has 6 heteroatoms. The molecule has 0 radical (unpaired) electrons. The molecule has 2 aromatic rings. The smallest absolute Gasteiger partial charge is 0.217 e. The molecule has 28 heavy (non-hydrogen) atoms. The molecule has 0 aliphatic heterocycles. The van der Waals surface area contributed by atoms with Crippen LogP contribution in [0.1, 0.15) is 48.2 Å². The van der Waals surface area contributed by atoms with E-state index in [-0.39, 0.29) is 28.3 Å². The number of ketones is 2. The summed E-state index contributed by atoms with van der Waals surface area (Å²) in [7, 11) is 0. The number of nitrogens with one attached hydrogen (secondary N) is 1. The van der Waals surface area contributed by atoms with Gasteiger partial charge in [0.2, 0.25) is 5.91 Å². The number of carbonyl (C=O) groups is 4. The van der Waals surface area contributed by atoms with Crippen molar-refractivity contribution in [2.24, 2.45) is 0 Å². The van der Waals surface area contributed by atoms with Crippen molar-refractivity contribution >= 4 is 34.4 Å². The van der Waals surface area contributed by atoms with Gasteiger partial charge in [-0.1, -0.05) is 67.2 Å². The molecular weight excluding hydrogens is 374 g/mol. The van der Waals surface area contributed by atoms with Crippen LogP contribution in [0.15, 0.2) is 54.6 Å². The molecule has 2 atom stereocenters. The lowest BCUT2D eigenvalue weighted by Gasteiger charge is -2.16. The number of hydrogen-bond donors (Lipinski definition) is 1. The van der Waals surface area contributed by atoms with Crippen LogP contribution in [-0.4, -0.2) is 34.4 Å². The maximum Gasteiger partial charge on any atom is 0.217 e. The highest BCUT2D eigenvalue weighted by Crippen LogP contribution is 2.24. The molecular formula is C22H23NO4S. The van der Waals surface area contributed by atoms with E-state index >= 15 is 0 Å². The summed E-state index contributed by atoms with van der Waals surface area (Å²) in [6.07, 6.45) is 0. The Morgan fingerprint density at radius 3 is 2.18 bits per heavy atom. The van der Waals surface area contributed by atoms with Crippen LogP contribution in [0.5, 0.6) is 0 Å². The van der Waals surface area contributed by atoms with Crippen molar-refractivity contribution in [3.05, 3.63) is 71.3 Å². The molecule has 0 saturated carbocycles. The van der Waals surface area contributed by atoms with E-state index < -0.39 is 12.0 Å². The fourth-order valence-corrected chi connectivity index (χ4v) is 3.67. The van der Waals surface area contributed by atoms with Gasteiger partial charge in [0, 0.05) is 23.8 Å². The average Bonchev–Trinajstić information content (AvgIpc) is 2.70. The van der Waals surface area contributed by atoms with E-state index in [4.69, 9.17) is 0 Å². The van der Waals surface area contributed by atoms with Crippen LogP contribution in [-0.2, 0) is 14.4 Å². The number of benzene rings is 2. The van der Waals surface area contributed by atoms with Crippen LogP contribution in [0.4, 0.5) is 0 Å². The molecule has 146 valence electrons. The molecule has 2 unspecified atom stereocenters. The van der Waals surface area contributed by atoms with E-state index in [1.807, 2.05) is 6.07 Å². The first-order valence-electron chi connectivity index (χ1n) is 8.93. The summed E-state index contributed by atoms with van der Waals surface area (Å²) in [6, 6.07) is 15.3. The first kappa shape index (κ1) is 21.6. The maximum absolute atomic E-state index is 12.6. The van der Waals surface area contributed by atoms with Gasteiger partial charge < -0.3 is 5.32 Å². The van der Waals surface area contributed by atoms with Gasteiger partial charge in [-0.25, -0.2) is 0 Å². The second kappa shape index (κ2) is 9.99. The Morgan fingerprint density at radius 1 is 0.929 bits per heavy atom. The predicted molar refractivity (Wildman–Crippen MR) is 110 cm³/mol. The second-order valence-electron chi connectivity index (χ2n) is 6.54. The number of hydrogen-bond acceptors (Lipinski definition) is 5. The summed E-state index contributed by atoms with van der Waals surface area (Å²) in [5, 5.41) is 2.43. The van der Waals surface area contributed by atoms with E-state index in [0.29, 0.717) is 11.1 Å². The van der Waals surface area contributed by atoms with Crippen molar-refractivity contribution in [1.29, 1.82) is 0 Å². The Hall–Kier alpha value is -2.73. The summed E-state index contributed by atoms with van der Waals surface area (Å²) in [5.74, 6) is -0.872. The van der Waals surface area contributed by atoms with Gasteiger partial charge in [-0.05, 0) is 18.6 Å². The number of carbonyl (C=O) groups excluding carboxylic acids is 4. The van der Waals surface area contributed by atoms with Crippen LogP contribution >= 0.6 is 11.8 Å². The topological polar surface area (TPSA) is 80.3 Å². The van der Waals surface area contributed by atoms with Crippen LogP contribution < -0.4 is 5.32 Å². The highest BCUT2D eigenvalue weighted by molar-refractivity contribution is 8.13. The monoisotopic (exact) mass is 397 g/mol. The fourth-order valence-electron chi connectivity index (χ4n) is 2.64. The highest BCUT2D eigenvalue weighted by Gasteiger charge is 2.22. The zero-order valence-electron chi connectivity index (χ0n) is 16.1. The molecule has 5 nitrogen and oxygen atoms in total. The van der Waals surface area contributed by atoms with Crippen molar-refractivity contribution in [2.45, 2.75) is 32.7 Å². The first-order chi connectivity index (χ1) is 13.3. The zero-order valence-corrected chi connectivity index (χ0v) is 16.9. The van der Waals surface area contributed by atoms with Gasteiger partial charge in [-0.2, -0.15) is 0 Å². The Bertz CT molecular complexity index is 879. The van der Waals surface area contributed by atoms with Crippen molar-refractivity contribution < 1.29 is 19.2 Å². The largest absolute Gasteiger partial charge is 0.346 e. The summed E-state index contributed by atoms with van der Waals surface area (Å²) in [4.78, 5) is 48.0. The van der Waals surface area contributed by atoms with Crippen molar-refractivity contribution in [2.75, 3.05) is 5.75 Å². The molecule has 0 aliphatic carbocycles. The lowest BCUT2D eigenvalue weighted by molar-refractivity contribution is -0.125. The average molecular weight is 397 g/mol. The molecule has 0 heterocycles. The van der Waals surface area contributed by atoms with Gasteiger partial charge in [-0.15, -0.1) is 0 Å². The minimum Gasteiger partial charge on any atom is -0.346 e. The summed E-state index contributed by atoms with van der Waals surface area (Å²) >= 11 is 1.01. The van der Waals surface area contributed by atoms with Gasteiger partial charge in [0.25, 0.3) is 0 Å². The Labute approximate surface area is 168 Å². The first-order valence-corrected chi connectivity index (χ1v) is 9.92. The normalized spacial score (nSPS) is 12.7. The molecule has 0 bridgehead atoms. The van der Waals surface area contributed by atoms with Crippen LogP contribution in [0.25, 0.3) is 0 Å². The molecule has 1 N–H and O–H groups in total. The van der Waals surface area contributed by atoms with E-state index in [2.05, 4.69) is 5.32 Å². The highest BCUT2D eigenvalue weighted by atomic mass is 32.2. The maximum atomic E-state index is 12.6. The van der Waals surface area contributed by atoms with Gasteiger partial charge in [0.15, 0.2) is 16.7 Å². The van der Waals surface area contributed by atoms with Gasteiger partial charge in [0.1, 0.15) is 0 Å².